The van der Waals surface area contributed by atoms with E-state index in [0.29, 0.717) is 23.1 Å². The number of hydrogen-bond donors (Lipinski definition) is 0. The number of rotatable bonds is 5. The molecule has 0 fully saturated rings. The highest BCUT2D eigenvalue weighted by Gasteiger charge is 2.14. The number of amides is 1. The largest absolute Gasteiger partial charge is 0.496 e. The molecule has 7 heteroatoms. The summed E-state index contributed by atoms with van der Waals surface area (Å²) in [4.78, 5) is 14.8. The molecule has 0 bridgehead atoms. The van der Waals surface area contributed by atoms with Gasteiger partial charge in [0.25, 0.3) is 0 Å². The molecule has 0 N–H and O–H groups in total. The number of ether oxygens (including phenoxy) is 1. The zero-order chi connectivity index (χ0) is 16.1. The number of carbonyl (C=O) groups is 1. The van der Waals surface area contributed by atoms with Gasteiger partial charge < -0.3 is 9.64 Å². The fourth-order valence-corrected chi connectivity index (χ4v) is 3.11. The zero-order valence-electron chi connectivity index (χ0n) is 12.7. The van der Waals surface area contributed by atoms with Crippen molar-refractivity contribution in [2.24, 2.45) is 0 Å². The van der Waals surface area contributed by atoms with Gasteiger partial charge in [-0.2, -0.15) is 9.78 Å². The van der Waals surface area contributed by atoms with Crippen LogP contribution in [0.2, 0.25) is 5.02 Å². The summed E-state index contributed by atoms with van der Waals surface area (Å²) < 4.78 is 6.66. The van der Waals surface area contributed by atoms with Crippen LogP contribution in [0.4, 0.5) is 4.79 Å². The van der Waals surface area contributed by atoms with Crippen molar-refractivity contribution in [1.82, 2.24) is 14.7 Å². The van der Waals surface area contributed by atoms with Gasteiger partial charge >= 0.3 is 6.03 Å². The summed E-state index contributed by atoms with van der Waals surface area (Å²) in [6, 6.07) is 7.06. The maximum absolute atomic E-state index is 12.2. The van der Waals surface area contributed by atoms with Crippen LogP contribution in [0.1, 0.15) is 13.8 Å². The average Bonchev–Trinajstić information content (AvgIpc) is 2.97. The predicted octanol–water partition coefficient (Wildman–Crippen LogP) is 4.01. The highest BCUT2D eigenvalue weighted by atomic mass is 35.5. The van der Waals surface area contributed by atoms with E-state index in [9.17, 15) is 4.79 Å². The first-order chi connectivity index (χ1) is 10.6. The van der Waals surface area contributed by atoms with Crippen molar-refractivity contribution in [2.45, 2.75) is 23.8 Å². The third-order valence-electron chi connectivity index (χ3n) is 3.13. The molecular formula is C15H18ClN3O2S. The van der Waals surface area contributed by atoms with Crippen molar-refractivity contribution >= 4 is 29.4 Å². The molecule has 0 aliphatic rings. The molecule has 0 saturated heterocycles. The molecule has 2 rings (SSSR count). The minimum Gasteiger partial charge on any atom is -0.496 e. The fraction of sp³-hybridized carbons (Fsp3) is 0.333. The number of methoxy groups -OCH3 is 1. The molecule has 1 aromatic heterocycles. The van der Waals surface area contributed by atoms with Gasteiger partial charge in [0.05, 0.1) is 12.0 Å². The highest BCUT2D eigenvalue weighted by molar-refractivity contribution is 7.99. The normalized spacial score (nSPS) is 10.5. The van der Waals surface area contributed by atoms with Gasteiger partial charge in [-0.05, 0) is 38.1 Å². The van der Waals surface area contributed by atoms with E-state index in [1.54, 1.807) is 30.3 Å². The lowest BCUT2D eigenvalue weighted by molar-refractivity contribution is 0.201. The SMILES string of the molecule is CCN(CC)C(=O)n1ccc(Sc2cc(Cl)ccc2OC)n1. The Hall–Kier alpha value is -1.66. The maximum Gasteiger partial charge on any atom is 0.344 e. The lowest BCUT2D eigenvalue weighted by atomic mass is 10.3. The van der Waals surface area contributed by atoms with E-state index in [1.165, 1.54) is 16.4 Å². The van der Waals surface area contributed by atoms with E-state index in [1.807, 2.05) is 26.0 Å². The van der Waals surface area contributed by atoms with Gasteiger partial charge in [0.1, 0.15) is 10.8 Å². The van der Waals surface area contributed by atoms with Crippen LogP contribution in [0.25, 0.3) is 0 Å². The van der Waals surface area contributed by atoms with E-state index < -0.39 is 0 Å². The van der Waals surface area contributed by atoms with Gasteiger partial charge in [-0.15, -0.1) is 0 Å². The Balaban J connectivity index is 2.19. The third-order valence-corrected chi connectivity index (χ3v) is 4.34. The van der Waals surface area contributed by atoms with Crippen LogP contribution in [-0.4, -0.2) is 40.9 Å². The highest BCUT2D eigenvalue weighted by Crippen LogP contribution is 2.35. The Morgan fingerprint density at radius 3 is 2.73 bits per heavy atom. The van der Waals surface area contributed by atoms with Crippen LogP contribution in [0.3, 0.4) is 0 Å². The number of hydrogen-bond acceptors (Lipinski definition) is 4. The lowest BCUT2D eigenvalue weighted by Crippen LogP contribution is -2.34. The van der Waals surface area contributed by atoms with Crippen molar-refractivity contribution < 1.29 is 9.53 Å². The van der Waals surface area contributed by atoms with Gasteiger partial charge in [0.15, 0.2) is 0 Å². The first-order valence-electron chi connectivity index (χ1n) is 6.95. The maximum atomic E-state index is 12.2. The Labute approximate surface area is 139 Å². The van der Waals surface area contributed by atoms with E-state index in [-0.39, 0.29) is 6.03 Å². The molecule has 0 aliphatic carbocycles. The molecule has 5 nitrogen and oxygen atoms in total. The topological polar surface area (TPSA) is 47.4 Å². The van der Waals surface area contributed by atoms with Crippen molar-refractivity contribution in [3.63, 3.8) is 0 Å². The number of benzene rings is 1. The number of carbonyl (C=O) groups excluding carboxylic acids is 1. The van der Waals surface area contributed by atoms with Gasteiger partial charge in [-0.3, -0.25) is 0 Å². The van der Waals surface area contributed by atoms with Crippen molar-refractivity contribution in [2.75, 3.05) is 20.2 Å². The fourth-order valence-electron chi connectivity index (χ4n) is 1.95. The van der Waals surface area contributed by atoms with Crippen LogP contribution >= 0.6 is 23.4 Å². The van der Waals surface area contributed by atoms with Gasteiger partial charge in [0.2, 0.25) is 0 Å². The molecule has 0 unspecified atom stereocenters. The molecule has 0 radical (unpaired) electrons. The summed E-state index contributed by atoms with van der Waals surface area (Å²) >= 11 is 7.43. The van der Waals surface area contributed by atoms with Crippen LogP contribution < -0.4 is 4.74 Å². The predicted molar refractivity (Wildman–Crippen MR) is 88.1 cm³/mol. The summed E-state index contributed by atoms with van der Waals surface area (Å²) in [5.74, 6) is 0.721. The molecule has 0 aliphatic heterocycles. The number of halogens is 1. The first-order valence-corrected chi connectivity index (χ1v) is 8.14. The third kappa shape index (κ3) is 3.75. The molecule has 1 amide bonds. The van der Waals surface area contributed by atoms with E-state index in [2.05, 4.69) is 5.10 Å². The van der Waals surface area contributed by atoms with Gasteiger partial charge in [-0.25, -0.2) is 4.79 Å². The summed E-state index contributed by atoms with van der Waals surface area (Å²) in [7, 11) is 1.61. The Morgan fingerprint density at radius 1 is 1.36 bits per heavy atom. The average molecular weight is 340 g/mol. The van der Waals surface area contributed by atoms with Crippen molar-refractivity contribution in [3.8, 4) is 5.75 Å². The molecule has 118 valence electrons. The van der Waals surface area contributed by atoms with E-state index in [0.717, 1.165) is 10.6 Å². The molecule has 0 atom stereocenters. The zero-order valence-corrected chi connectivity index (χ0v) is 14.3. The summed E-state index contributed by atoms with van der Waals surface area (Å²) in [6.07, 6.45) is 1.67. The van der Waals surface area contributed by atoms with Crippen LogP contribution in [0.5, 0.6) is 5.75 Å². The summed E-state index contributed by atoms with van der Waals surface area (Å²) in [5.41, 5.74) is 0. The standard InChI is InChI=1S/C15H18ClN3O2S/c1-4-18(5-2)15(20)19-9-8-14(17-19)22-13-10-11(16)6-7-12(13)21-3/h6-10H,4-5H2,1-3H3. The Morgan fingerprint density at radius 2 is 2.09 bits per heavy atom. The second-order valence-corrected chi connectivity index (χ2v) is 5.95. The van der Waals surface area contributed by atoms with Gasteiger partial charge in [0, 0.05) is 24.3 Å². The number of aromatic nitrogens is 2. The Kier molecular flexibility index (Phi) is 5.74. The van der Waals surface area contributed by atoms with E-state index >= 15 is 0 Å². The van der Waals surface area contributed by atoms with Crippen LogP contribution in [0.15, 0.2) is 40.4 Å². The Bertz CT molecular complexity index is 656. The van der Waals surface area contributed by atoms with Gasteiger partial charge in [-0.1, -0.05) is 23.4 Å². The molecule has 1 heterocycles. The summed E-state index contributed by atoms with van der Waals surface area (Å²) in [6.45, 7) is 5.19. The van der Waals surface area contributed by atoms with Crippen LogP contribution in [0, 0.1) is 0 Å². The first kappa shape index (κ1) is 16.7. The quantitative estimate of drug-likeness (QED) is 0.825. The second kappa shape index (κ2) is 7.56. The van der Waals surface area contributed by atoms with Crippen molar-refractivity contribution in [1.29, 1.82) is 0 Å². The summed E-state index contributed by atoms with van der Waals surface area (Å²) in [5, 5.41) is 5.65. The molecule has 0 saturated carbocycles. The minimum atomic E-state index is -0.130. The smallest absolute Gasteiger partial charge is 0.344 e. The molecule has 22 heavy (non-hydrogen) atoms. The number of nitrogens with zero attached hydrogens (tertiary/aromatic N) is 3. The molecule has 0 spiro atoms. The lowest BCUT2D eigenvalue weighted by Gasteiger charge is -2.17. The molecule has 2 aromatic rings. The monoisotopic (exact) mass is 339 g/mol. The van der Waals surface area contributed by atoms with Crippen LogP contribution in [-0.2, 0) is 0 Å². The van der Waals surface area contributed by atoms with Crippen molar-refractivity contribution in [3.05, 3.63) is 35.5 Å². The molecular weight excluding hydrogens is 322 g/mol. The minimum absolute atomic E-state index is 0.130. The molecule has 1 aromatic carbocycles. The second-order valence-electron chi connectivity index (χ2n) is 4.45. The van der Waals surface area contributed by atoms with E-state index in [4.69, 9.17) is 16.3 Å².